The molecule has 7 heavy (non-hydrogen) atoms. The van der Waals surface area contributed by atoms with Gasteiger partial charge in [-0.3, -0.25) is 0 Å². The van der Waals surface area contributed by atoms with Crippen LogP contribution in [-0.4, -0.2) is 0 Å². The molecule has 0 fully saturated rings. The van der Waals surface area contributed by atoms with E-state index in [1.165, 1.54) is 0 Å². The molecule has 0 N–H and O–H groups in total. The van der Waals surface area contributed by atoms with Crippen molar-refractivity contribution in [1.29, 1.82) is 0 Å². The molecule has 0 amide bonds. The van der Waals surface area contributed by atoms with E-state index in [9.17, 15) is 0 Å². The van der Waals surface area contributed by atoms with E-state index in [-0.39, 0.29) is 118 Å². The average Bonchev–Trinajstić information content (AvgIpc) is 0. The maximum atomic E-state index is 0. The van der Waals surface area contributed by atoms with Crippen molar-refractivity contribution < 1.29 is 95.9 Å². The molecule has 0 aromatic rings. The molecular formula is C3H9W3Y. The Kier molecular flexibility index (Phi) is 741. The van der Waals surface area contributed by atoms with Gasteiger partial charge in [0.2, 0.25) is 0 Å². The minimum Gasteiger partial charge on any atom is -0.358 e. The molecule has 0 bridgehead atoms. The summed E-state index contributed by atoms with van der Waals surface area (Å²) in [6.07, 6.45) is 0. The monoisotopic (exact) mass is 686 g/mol. The minimum absolute atomic E-state index is 0. The standard InChI is InChI=1S/3CH3.3W.Y/h3*1H3;;;;/q3*-1;;;;+3. The van der Waals surface area contributed by atoms with Gasteiger partial charge >= 0.3 is 32.7 Å². The van der Waals surface area contributed by atoms with Gasteiger partial charge in [0.05, 0.1) is 0 Å². The maximum Gasteiger partial charge on any atom is 3.00 e. The SMILES string of the molecule is [CH3-].[CH3-].[CH3-].[W].[W].[W].[Y+3]. The Balaban J connectivity index is 0. The third-order valence-electron chi connectivity index (χ3n) is 0. The molecule has 0 aliphatic rings. The van der Waals surface area contributed by atoms with Gasteiger partial charge in [-0.05, 0) is 0 Å². The zero-order valence-electron chi connectivity index (χ0n) is 4.80. The summed E-state index contributed by atoms with van der Waals surface area (Å²) in [5, 5.41) is 0. The van der Waals surface area contributed by atoms with E-state index in [0.717, 1.165) is 0 Å². The summed E-state index contributed by atoms with van der Waals surface area (Å²) in [6, 6.07) is 0. The fourth-order valence-electron chi connectivity index (χ4n) is 0. The van der Waals surface area contributed by atoms with Crippen molar-refractivity contribution in [2.45, 2.75) is 0 Å². The number of rotatable bonds is 0. The summed E-state index contributed by atoms with van der Waals surface area (Å²) in [4.78, 5) is 0. The molecule has 0 nitrogen and oxygen atoms in total. The molecule has 0 rings (SSSR count). The second kappa shape index (κ2) is 60.9. The topological polar surface area (TPSA) is 0 Å². The first-order chi connectivity index (χ1) is 0. The Hall–Kier alpha value is 3.17. The predicted molar refractivity (Wildman–Crippen MR) is 19.2 cm³/mol. The van der Waals surface area contributed by atoms with Crippen molar-refractivity contribution in [2.75, 3.05) is 0 Å². The van der Waals surface area contributed by atoms with E-state index < -0.39 is 0 Å². The maximum absolute atomic E-state index is 0. The van der Waals surface area contributed by atoms with Gasteiger partial charge in [0, 0.05) is 63.2 Å². The third kappa shape index (κ3) is 46.9. The largest absolute Gasteiger partial charge is 3.00 e. The van der Waals surface area contributed by atoms with E-state index in [1.807, 2.05) is 0 Å². The van der Waals surface area contributed by atoms with Crippen LogP contribution < -0.4 is 0 Å². The molecule has 0 heterocycles. The second-order valence-corrected chi connectivity index (χ2v) is 0. The van der Waals surface area contributed by atoms with Crippen LogP contribution in [0.1, 0.15) is 0 Å². The van der Waals surface area contributed by atoms with Gasteiger partial charge in [-0.1, -0.05) is 0 Å². The van der Waals surface area contributed by atoms with Crippen LogP contribution in [0.15, 0.2) is 0 Å². The predicted octanol–water partition coefficient (Wildman–Crippen LogP) is 1.34. The van der Waals surface area contributed by atoms with Gasteiger partial charge in [0.1, 0.15) is 0 Å². The van der Waals surface area contributed by atoms with Crippen LogP contribution in [0.2, 0.25) is 0 Å². The Morgan fingerprint density at radius 3 is 0.429 bits per heavy atom. The van der Waals surface area contributed by atoms with Gasteiger partial charge in [-0.25, -0.2) is 0 Å². The van der Waals surface area contributed by atoms with Crippen LogP contribution in [-0.2, 0) is 95.9 Å². The first-order valence-electron chi connectivity index (χ1n) is 0. The minimum atomic E-state index is 0. The van der Waals surface area contributed by atoms with Crippen molar-refractivity contribution in [3.05, 3.63) is 22.3 Å². The van der Waals surface area contributed by atoms with Gasteiger partial charge in [-0.2, -0.15) is 0 Å². The normalized spacial score (nSPS) is 0. The quantitative estimate of drug-likeness (QED) is 0.338. The van der Waals surface area contributed by atoms with Crippen LogP contribution in [0.3, 0.4) is 0 Å². The summed E-state index contributed by atoms with van der Waals surface area (Å²) < 4.78 is 0. The van der Waals surface area contributed by atoms with E-state index >= 15 is 0 Å². The van der Waals surface area contributed by atoms with E-state index in [1.54, 1.807) is 0 Å². The Morgan fingerprint density at radius 1 is 0.429 bits per heavy atom. The first kappa shape index (κ1) is 85.1. The summed E-state index contributed by atoms with van der Waals surface area (Å²) >= 11 is 0. The van der Waals surface area contributed by atoms with Crippen LogP contribution in [0.25, 0.3) is 0 Å². The molecule has 0 aromatic carbocycles. The third-order valence-corrected chi connectivity index (χ3v) is 0. The molecule has 0 radical (unpaired) electrons. The molecule has 0 saturated carbocycles. The average molecular weight is 686 g/mol. The van der Waals surface area contributed by atoms with Crippen molar-refractivity contribution in [3.8, 4) is 0 Å². The summed E-state index contributed by atoms with van der Waals surface area (Å²) in [6.45, 7) is 0. The number of hydrogen-bond acceptors (Lipinski definition) is 0. The van der Waals surface area contributed by atoms with E-state index in [0.29, 0.717) is 0 Å². The molecule has 0 spiro atoms. The Labute approximate surface area is 116 Å². The molecule has 4 heteroatoms. The zero-order chi connectivity index (χ0) is 0. The van der Waals surface area contributed by atoms with Gasteiger partial charge in [-0.15, -0.1) is 0 Å². The molecule has 0 atom stereocenters. The van der Waals surface area contributed by atoms with E-state index in [2.05, 4.69) is 0 Å². The fourth-order valence-corrected chi connectivity index (χ4v) is 0. The zero-order valence-corrected chi connectivity index (χ0v) is 16.4. The molecule has 0 saturated heterocycles. The first-order valence-corrected chi connectivity index (χ1v) is 0. The van der Waals surface area contributed by atoms with Crippen LogP contribution in [0, 0.1) is 22.3 Å². The van der Waals surface area contributed by atoms with Gasteiger partial charge in [0.25, 0.3) is 0 Å². The van der Waals surface area contributed by atoms with Crippen LogP contribution in [0.5, 0.6) is 0 Å². The van der Waals surface area contributed by atoms with Crippen molar-refractivity contribution in [3.63, 3.8) is 0 Å². The molecular weight excluding hydrogens is 676 g/mol. The van der Waals surface area contributed by atoms with Gasteiger partial charge < -0.3 is 22.3 Å². The van der Waals surface area contributed by atoms with Crippen LogP contribution in [0.4, 0.5) is 0 Å². The molecule has 0 aromatic heterocycles. The van der Waals surface area contributed by atoms with E-state index in [4.69, 9.17) is 0 Å². The molecule has 0 aliphatic carbocycles. The number of hydrogen-bond donors (Lipinski definition) is 0. The summed E-state index contributed by atoms with van der Waals surface area (Å²) in [5.74, 6) is 0. The fraction of sp³-hybridized carbons (Fsp3) is 0. The van der Waals surface area contributed by atoms with Crippen molar-refractivity contribution in [2.24, 2.45) is 0 Å². The molecule has 0 unspecified atom stereocenters. The second-order valence-electron chi connectivity index (χ2n) is 0. The molecule has 0 aliphatic heterocycles. The van der Waals surface area contributed by atoms with Crippen molar-refractivity contribution in [1.82, 2.24) is 0 Å². The Morgan fingerprint density at radius 2 is 0.429 bits per heavy atom. The summed E-state index contributed by atoms with van der Waals surface area (Å²) in [7, 11) is 0. The van der Waals surface area contributed by atoms with Gasteiger partial charge in [0.15, 0.2) is 0 Å². The van der Waals surface area contributed by atoms with Crippen molar-refractivity contribution >= 4 is 0 Å². The summed E-state index contributed by atoms with van der Waals surface area (Å²) in [5.41, 5.74) is 0. The smallest absolute Gasteiger partial charge is 0.358 e. The Bertz CT molecular complexity index is 10.1. The van der Waals surface area contributed by atoms with Crippen LogP contribution >= 0.6 is 0 Å². The molecule has 42 valence electrons.